The number of carbonyl (C=O) groups excluding carboxylic acids is 3. The Balaban J connectivity index is 1.53. The predicted molar refractivity (Wildman–Crippen MR) is 150 cm³/mol. The molecule has 0 bridgehead atoms. The van der Waals surface area contributed by atoms with Crippen LogP contribution in [-0.2, 0) is 0 Å². The SMILES string of the molecule is O=C(c1ccc([N+](=O)[O-])cc1)[C@H]1[C@H](c2ccccc2F)C2(C(=O)c3ccccc3C2=O)C2C=Cc3ccccc3N21. The van der Waals surface area contributed by atoms with Crippen molar-refractivity contribution in [1.29, 1.82) is 0 Å². The molecule has 3 atom stereocenters. The predicted octanol–water partition coefficient (Wildman–Crippen LogP) is 6.05. The number of nitro benzene ring substituents is 1. The Hall–Kier alpha value is -5.24. The van der Waals surface area contributed by atoms with Gasteiger partial charge in [0.25, 0.3) is 5.69 Å². The number of benzene rings is 4. The highest BCUT2D eigenvalue weighted by Crippen LogP contribution is 2.61. The molecule has 4 aromatic carbocycles. The Labute approximate surface area is 233 Å². The van der Waals surface area contributed by atoms with E-state index in [9.17, 15) is 24.5 Å². The van der Waals surface area contributed by atoms with Gasteiger partial charge in [-0.25, -0.2) is 4.39 Å². The van der Waals surface area contributed by atoms with E-state index in [0.717, 1.165) is 5.56 Å². The highest BCUT2D eigenvalue weighted by Gasteiger charge is 2.71. The monoisotopic (exact) mass is 544 g/mol. The average molecular weight is 545 g/mol. The van der Waals surface area contributed by atoms with Gasteiger partial charge < -0.3 is 4.90 Å². The van der Waals surface area contributed by atoms with Crippen LogP contribution < -0.4 is 4.90 Å². The van der Waals surface area contributed by atoms with Crippen LogP contribution in [0.5, 0.6) is 0 Å². The van der Waals surface area contributed by atoms with Crippen molar-refractivity contribution in [2.75, 3.05) is 4.90 Å². The summed E-state index contributed by atoms with van der Waals surface area (Å²) in [6, 6.07) is 22.9. The van der Waals surface area contributed by atoms with Gasteiger partial charge in [0.2, 0.25) is 0 Å². The van der Waals surface area contributed by atoms with E-state index < -0.39 is 51.5 Å². The lowest BCUT2D eigenvalue weighted by atomic mass is 9.64. The zero-order valence-corrected chi connectivity index (χ0v) is 21.4. The summed E-state index contributed by atoms with van der Waals surface area (Å²) in [6.45, 7) is 0. The summed E-state index contributed by atoms with van der Waals surface area (Å²) in [4.78, 5) is 56.1. The Morgan fingerprint density at radius 1 is 0.829 bits per heavy atom. The lowest BCUT2D eigenvalue weighted by molar-refractivity contribution is -0.384. The van der Waals surface area contributed by atoms with Gasteiger partial charge in [0, 0.05) is 40.4 Å². The van der Waals surface area contributed by atoms with Crippen molar-refractivity contribution in [1.82, 2.24) is 0 Å². The third-order valence-corrected chi connectivity index (χ3v) is 8.58. The molecule has 4 aromatic rings. The minimum Gasteiger partial charge on any atom is -0.352 e. The smallest absolute Gasteiger partial charge is 0.269 e. The second-order valence-electron chi connectivity index (χ2n) is 10.5. The molecule has 1 aliphatic carbocycles. The van der Waals surface area contributed by atoms with Crippen molar-refractivity contribution in [3.05, 3.63) is 147 Å². The molecule has 7 nitrogen and oxygen atoms in total. The first kappa shape index (κ1) is 24.8. The Kier molecular flexibility index (Phi) is 5.37. The van der Waals surface area contributed by atoms with Crippen LogP contribution in [0.15, 0.2) is 103 Å². The second kappa shape index (κ2) is 8.89. The highest BCUT2D eigenvalue weighted by atomic mass is 19.1. The minimum atomic E-state index is -1.82. The van der Waals surface area contributed by atoms with Crippen molar-refractivity contribution in [2.45, 2.75) is 18.0 Å². The molecule has 8 heteroatoms. The number of ketones is 3. The van der Waals surface area contributed by atoms with E-state index in [1.807, 2.05) is 24.3 Å². The summed E-state index contributed by atoms with van der Waals surface area (Å²) < 4.78 is 15.8. The fraction of sp³-hybridized carbons (Fsp3) is 0.121. The van der Waals surface area contributed by atoms with Gasteiger partial charge in [-0.15, -0.1) is 0 Å². The molecule has 3 aliphatic rings. The van der Waals surface area contributed by atoms with Crippen molar-refractivity contribution in [3.63, 3.8) is 0 Å². The standard InChI is InChI=1S/C33H21FN2O5/c34-25-11-5-4-10-24(25)28-29(30(37)20-13-16-21(17-14-20)36(40)41)35-26-12-6-1-7-19(26)15-18-27(35)33(28)31(38)22-8-2-3-9-23(22)32(33)39/h1-18,27-29H/t27?,28-,29+/m0/s1. The normalized spacial score (nSPS) is 21.5. The van der Waals surface area contributed by atoms with Gasteiger partial charge in [-0.3, -0.25) is 24.5 Å². The molecular weight excluding hydrogens is 523 g/mol. The van der Waals surface area contributed by atoms with Gasteiger partial charge in [0.1, 0.15) is 17.3 Å². The molecule has 1 saturated heterocycles. The summed E-state index contributed by atoms with van der Waals surface area (Å²) in [5.74, 6) is -3.21. The first-order chi connectivity index (χ1) is 19.9. The highest BCUT2D eigenvalue weighted by molar-refractivity contribution is 6.32. The number of anilines is 1. The van der Waals surface area contributed by atoms with Gasteiger partial charge in [-0.05, 0) is 35.4 Å². The summed E-state index contributed by atoms with van der Waals surface area (Å²) in [5, 5.41) is 11.3. The number of non-ortho nitro benzene ring substituents is 1. The van der Waals surface area contributed by atoms with Crippen LogP contribution in [0.25, 0.3) is 6.08 Å². The fourth-order valence-electron chi connectivity index (χ4n) is 6.91. The number of para-hydroxylation sites is 1. The number of nitro groups is 1. The van der Waals surface area contributed by atoms with Gasteiger partial charge in [-0.1, -0.05) is 72.8 Å². The van der Waals surface area contributed by atoms with E-state index in [0.29, 0.717) is 5.69 Å². The van der Waals surface area contributed by atoms with Crippen molar-refractivity contribution < 1.29 is 23.7 Å². The summed E-state index contributed by atoms with van der Waals surface area (Å²) in [6.07, 6.45) is 3.60. The van der Waals surface area contributed by atoms with E-state index in [1.54, 1.807) is 47.4 Å². The van der Waals surface area contributed by atoms with E-state index in [1.165, 1.54) is 42.5 Å². The van der Waals surface area contributed by atoms with Gasteiger partial charge in [-0.2, -0.15) is 0 Å². The van der Waals surface area contributed by atoms with E-state index in [4.69, 9.17) is 0 Å². The molecule has 1 spiro atoms. The molecule has 0 radical (unpaired) electrons. The number of carbonyl (C=O) groups is 3. The molecular formula is C33H21FN2O5. The third-order valence-electron chi connectivity index (χ3n) is 8.58. The zero-order chi connectivity index (χ0) is 28.5. The number of fused-ring (bicyclic) bond motifs is 5. The van der Waals surface area contributed by atoms with E-state index >= 15 is 4.39 Å². The first-order valence-electron chi connectivity index (χ1n) is 13.1. The molecule has 1 fully saturated rings. The van der Waals surface area contributed by atoms with E-state index in [-0.39, 0.29) is 27.9 Å². The zero-order valence-electron chi connectivity index (χ0n) is 21.4. The minimum absolute atomic E-state index is 0.0857. The summed E-state index contributed by atoms with van der Waals surface area (Å²) >= 11 is 0. The lowest BCUT2D eigenvalue weighted by Crippen LogP contribution is -2.48. The summed E-state index contributed by atoms with van der Waals surface area (Å²) in [5.41, 5.74) is 0.138. The lowest BCUT2D eigenvalue weighted by Gasteiger charge is -2.37. The van der Waals surface area contributed by atoms with Crippen LogP contribution >= 0.6 is 0 Å². The topological polar surface area (TPSA) is 97.6 Å². The molecule has 200 valence electrons. The van der Waals surface area contributed by atoms with Gasteiger partial charge >= 0.3 is 0 Å². The van der Waals surface area contributed by atoms with Crippen molar-refractivity contribution in [2.24, 2.45) is 5.41 Å². The Bertz CT molecular complexity index is 1790. The van der Waals surface area contributed by atoms with Crippen molar-refractivity contribution in [3.8, 4) is 0 Å². The van der Waals surface area contributed by atoms with Gasteiger partial charge in [0.05, 0.1) is 11.0 Å². The van der Waals surface area contributed by atoms with Crippen LogP contribution in [0.1, 0.15) is 48.1 Å². The first-order valence-corrected chi connectivity index (χ1v) is 13.1. The van der Waals surface area contributed by atoms with E-state index in [2.05, 4.69) is 0 Å². The molecule has 2 aliphatic heterocycles. The quantitative estimate of drug-likeness (QED) is 0.134. The molecule has 1 unspecified atom stereocenters. The maximum Gasteiger partial charge on any atom is 0.269 e. The number of rotatable bonds is 4. The molecule has 0 amide bonds. The molecule has 7 rings (SSSR count). The second-order valence-corrected chi connectivity index (χ2v) is 10.5. The maximum atomic E-state index is 15.8. The van der Waals surface area contributed by atoms with Crippen LogP contribution in [-0.4, -0.2) is 34.4 Å². The Morgan fingerprint density at radius 2 is 1.44 bits per heavy atom. The largest absolute Gasteiger partial charge is 0.352 e. The van der Waals surface area contributed by atoms with Crippen LogP contribution in [0, 0.1) is 21.3 Å². The number of Topliss-reactive ketones (excluding diaryl/α,β-unsaturated/α-hetero) is 3. The Morgan fingerprint density at radius 3 is 2.10 bits per heavy atom. The molecule has 0 saturated carbocycles. The van der Waals surface area contributed by atoms with Crippen LogP contribution in [0.3, 0.4) is 0 Å². The number of hydrogen-bond donors (Lipinski definition) is 0. The maximum absolute atomic E-state index is 15.8. The molecule has 2 heterocycles. The van der Waals surface area contributed by atoms with Crippen LogP contribution in [0.4, 0.5) is 15.8 Å². The number of hydrogen-bond acceptors (Lipinski definition) is 6. The number of nitrogens with zero attached hydrogens (tertiary/aromatic N) is 2. The summed E-state index contributed by atoms with van der Waals surface area (Å²) in [7, 11) is 0. The average Bonchev–Trinajstić information content (AvgIpc) is 3.43. The number of halogens is 1. The third kappa shape index (κ3) is 3.27. The fourth-order valence-corrected chi connectivity index (χ4v) is 6.91. The molecule has 0 N–H and O–H groups in total. The van der Waals surface area contributed by atoms with Crippen LogP contribution in [0.2, 0.25) is 0 Å². The van der Waals surface area contributed by atoms with Gasteiger partial charge in [0.15, 0.2) is 17.3 Å². The van der Waals surface area contributed by atoms with Crippen molar-refractivity contribution >= 4 is 34.8 Å². The molecule has 41 heavy (non-hydrogen) atoms. The molecule has 0 aromatic heterocycles.